The van der Waals surface area contributed by atoms with Crippen molar-refractivity contribution in [1.29, 1.82) is 0 Å². The number of hydrogen-bond acceptors (Lipinski definition) is 4. The van der Waals surface area contributed by atoms with E-state index in [4.69, 9.17) is 4.74 Å². The second-order valence-corrected chi connectivity index (χ2v) is 6.90. The van der Waals surface area contributed by atoms with E-state index in [1.165, 1.54) is 38.5 Å². The summed E-state index contributed by atoms with van der Waals surface area (Å²) >= 11 is 0. The first-order chi connectivity index (χ1) is 10.6. The molecule has 22 heavy (non-hydrogen) atoms. The van der Waals surface area contributed by atoms with Gasteiger partial charge in [0.05, 0.1) is 19.3 Å². The van der Waals surface area contributed by atoms with Gasteiger partial charge < -0.3 is 14.7 Å². The molecule has 1 saturated carbocycles. The number of β-amino-alcohol motifs (C(OH)–C–C–N with tert-alkyl or cyclic N) is 1. The van der Waals surface area contributed by atoms with Crippen molar-refractivity contribution < 1.29 is 14.6 Å². The number of carbonyl (C=O) groups excluding carboxylic acids is 1. The SMILES string of the molecule is CN(CC(O)CN1CCOCC1)C(=O)CC1CCCCCC1. The normalized spacial score (nSPS) is 23.0. The van der Waals surface area contributed by atoms with Crippen molar-refractivity contribution in [1.82, 2.24) is 9.80 Å². The summed E-state index contributed by atoms with van der Waals surface area (Å²) in [5.74, 6) is 0.738. The van der Waals surface area contributed by atoms with E-state index in [-0.39, 0.29) is 5.91 Å². The number of carbonyl (C=O) groups is 1. The van der Waals surface area contributed by atoms with Crippen molar-refractivity contribution in [2.24, 2.45) is 5.92 Å². The Morgan fingerprint density at radius 1 is 1.23 bits per heavy atom. The molecule has 1 saturated heterocycles. The number of nitrogens with zero attached hydrogens (tertiary/aromatic N) is 2. The lowest BCUT2D eigenvalue weighted by molar-refractivity contribution is -0.132. The smallest absolute Gasteiger partial charge is 0.222 e. The molecule has 5 heteroatoms. The minimum absolute atomic E-state index is 0.188. The van der Waals surface area contributed by atoms with Gasteiger partial charge in [-0.2, -0.15) is 0 Å². The standard InChI is InChI=1S/C17H32N2O3/c1-18(13-16(20)14-19-8-10-22-11-9-19)17(21)12-15-6-4-2-3-5-7-15/h15-16,20H,2-14H2,1H3. The summed E-state index contributed by atoms with van der Waals surface area (Å²) in [6, 6.07) is 0. The molecule has 128 valence electrons. The zero-order valence-electron chi connectivity index (χ0n) is 14.0. The summed E-state index contributed by atoms with van der Waals surface area (Å²) in [6.45, 7) is 4.28. The number of ether oxygens (including phenoxy) is 1. The van der Waals surface area contributed by atoms with Gasteiger partial charge in [0.2, 0.25) is 5.91 Å². The molecule has 1 aliphatic carbocycles. The van der Waals surface area contributed by atoms with Crippen LogP contribution in [0.15, 0.2) is 0 Å². The maximum Gasteiger partial charge on any atom is 0.222 e. The quantitative estimate of drug-likeness (QED) is 0.755. The van der Waals surface area contributed by atoms with Crippen LogP contribution in [0, 0.1) is 5.92 Å². The Hall–Kier alpha value is -0.650. The number of morpholine rings is 1. The second-order valence-electron chi connectivity index (χ2n) is 6.90. The summed E-state index contributed by atoms with van der Waals surface area (Å²) < 4.78 is 5.31. The van der Waals surface area contributed by atoms with Gasteiger partial charge in [-0.3, -0.25) is 9.69 Å². The molecule has 0 spiro atoms. The van der Waals surface area contributed by atoms with E-state index < -0.39 is 6.10 Å². The number of hydrogen-bond donors (Lipinski definition) is 1. The van der Waals surface area contributed by atoms with Crippen molar-refractivity contribution in [2.75, 3.05) is 46.4 Å². The van der Waals surface area contributed by atoms with Crippen LogP contribution < -0.4 is 0 Å². The first-order valence-electron chi connectivity index (χ1n) is 8.87. The van der Waals surface area contributed by atoms with Crippen LogP contribution in [0.25, 0.3) is 0 Å². The number of rotatable bonds is 6. The summed E-state index contributed by atoms with van der Waals surface area (Å²) in [6.07, 6.45) is 7.73. The van der Waals surface area contributed by atoms with Crippen LogP contribution >= 0.6 is 0 Å². The Morgan fingerprint density at radius 2 is 1.86 bits per heavy atom. The lowest BCUT2D eigenvalue weighted by Crippen LogP contribution is -2.45. The Morgan fingerprint density at radius 3 is 2.50 bits per heavy atom. The minimum Gasteiger partial charge on any atom is -0.390 e. The summed E-state index contributed by atoms with van der Waals surface area (Å²) in [5, 5.41) is 10.2. The molecule has 0 aromatic heterocycles. The highest BCUT2D eigenvalue weighted by Gasteiger charge is 2.21. The largest absolute Gasteiger partial charge is 0.390 e. The number of amides is 1. The highest BCUT2D eigenvalue weighted by atomic mass is 16.5. The van der Waals surface area contributed by atoms with E-state index in [1.54, 1.807) is 4.90 Å². The maximum absolute atomic E-state index is 12.3. The number of likely N-dealkylation sites (N-methyl/N-ethyl adjacent to an activating group) is 1. The van der Waals surface area contributed by atoms with Crippen molar-refractivity contribution >= 4 is 5.91 Å². The molecule has 1 N–H and O–H groups in total. The fourth-order valence-corrected chi connectivity index (χ4v) is 3.53. The van der Waals surface area contributed by atoms with Crippen molar-refractivity contribution in [3.8, 4) is 0 Å². The molecule has 1 amide bonds. The molecule has 1 atom stereocenters. The van der Waals surface area contributed by atoms with E-state index in [1.807, 2.05) is 7.05 Å². The predicted octanol–water partition coefficient (Wildman–Crippen LogP) is 1.50. The average molecular weight is 312 g/mol. The van der Waals surface area contributed by atoms with E-state index >= 15 is 0 Å². The second kappa shape index (κ2) is 9.48. The molecule has 0 aromatic rings. The fraction of sp³-hybridized carbons (Fsp3) is 0.941. The maximum atomic E-state index is 12.3. The first kappa shape index (κ1) is 17.7. The van der Waals surface area contributed by atoms with Gasteiger partial charge in [-0.1, -0.05) is 25.7 Å². The van der Waals surface area contributed by atoms with E-state index in [2.05, 4.69) is 4.90 Å². The molecule has 0 radical (unpaired) electrons. The Labute approximate surface area is 134 Å². The van der Waals surface area contributed by atoms with E-state index in [0.717, 1.165) is 26.3 Å². The van der Waals surface area contributed by atoms with Gasteiger partial charge >= 0.3 is 0 Å². The molecule has 1 aliphatic heterocycles. The van der Waals surface area contributed by atoms with Crippen LogP contribution in [0.3, 0.4) is 0 Å². The molecule has 2 fully saturated rings. The lowest BCUT2D eigenvalue weighted by atomic mass is 9.96. The molecule has 1 heterocycles. The zero-order chi connectivity index (χ0) is 15.8. The Balaban J connectivity index is 1.67. The van der Waals surface area contributed by atoms with Crippen LogP contribution in [-0.4, -0.2) is 73.4 Å². The molecule has 2 aliphatic rings. The summed E-state index contributed by atoms with van der Waals surface area (Å²) in [7, 11) is 1.82. The van der Waals surface area contributed by atoms with Crippen molar-refractivity contribution in [3.63, 3.8) is 0 Å². The number of aliphatic hydroxyl groups is 1. The minimum atomic E-state index is -0.471. The number of aliphatic hydroxyl groups excluding tert-OH is 1. The van der Waals surface area contributed by atoms with Crippen LogP contribution in [0.1, 0.15) is 44.9 Å². The van der Waals surface area contributed by atoms with E-state index in [0.29, 0.717) is 25.4 Å². The van der Waals surface area contributed by atoms with Crippen molar-refractivity contribution in [2.45, 2.75) is 51.0 Å². The molecule has 0 bridgehead atoms. The predicted molar refractivity (Wildman–Crippen MR) is 86.7 cm³/mol. The Bertz CT molecular complexity index is 324. The molecule has 2 rings (SSSR count). The lowest BCUT2D eigenvalue weighted by Gasteiger charge is -2.30. The highest BCUT2D eigenvalue weighted by molar-refractivity contribution is 5.76. The monoisotopic (exact) mass is 312 g/mol. The third-order valence-electron chi connectivity index (χ3n) is 4.92. The van der Waals surface area contributed by atoms with Gasteiger partial charge in [-0.15, -0.1) is 0 Å². The third-order valence-corrected chi connectivity index (χ3v) is 4.92. The van der Waals surface area contributed by atoms with Crippen LogP contribution in [-0.2, 0) is 9.53 Å². The van der Waals surface area contributed by atoms with Gasteiger partial charge in [-0.25, -0.2) is 0 Å². The van der Waals surface area contributed by atoms with Crippen LogP contribution in [0.5, 0.6) is 0 Å². The topological polar surface area (TPSA) is 53.0 Å². The van der Waals surface area contributed by atoms with Crippen molar-refractivity contribution in [3.05, 3.63) is 0 Å². The van der Waals surface area contributed by atoms with Gasteiger partial charge in [0, 0.05) is 39.6 Å². The van der Waals surface area contributed by atoms with E-state index in [9.17, 15) is 9.90 Å². The molecule has 1 unspecified atom stereocenters. The zero-order valence-corrected chi connectivity index (χ0v) is 14.0. The molecule has 5 nitrogen and oxygen atoms in total. The molecular weight excluding hydrogens is 280 g/mol. The fourth-order valence-electron chi connectivity index (χ4n) is 3.53. The molecular formula is C17H32N2O3. The van der Waals surface area contributed by atoms with Crippen LogP contribution in [0.2, 0.25) is 0 Å². The Kier molecular flexibility index (Phi) is 7.63. The highest BCUT2D eigenvalue weighted by Crippen LogP contribution is 2.25. The van der Waals surface area contributed by atoms with Gasteiger partial charge in [-0.05, 0) is 18.8 Å². The molecule has 0 aromatic carbocycles. The van der Waals surface area contributed by atoms with Gasteiger partial charge in [0.25, 0.3) is 0 Å². The van der Waals surface area contributed by atoms with Crippen LogP contribution in [0.4, 0.5) is 0 Å². The van der Waals surface area contributed by atoms with Gasteiger partial charge in [0.1, 0.15) is 0 Å². The van der Waals surface area contributed by atoms with Gasteiger partial charge in [0.15, 0.2) is 0 Å². The third kappa shape index (κ3) is 6.23. The first-order valence-corrected chi connectivity index (χ1v) is 8.87. The summed E-state index contributed by atoms with van der Waals surface area (Å²) in [5.41, 5.74) is 0. The summed E-state index contributed by atoms with van der Waals surface area (Å²) in [4.78, 5) is 16.3. The average Bonchev–Trinajstić information content (AvgIpc) is 2.76.